The van der Waals surface area contributed by atoms with Gasteiger partial charge in [0.15, 0.2) is 12.2 Å². The summed E-state index contributed by atoms with van der Waals surface area (Å²) in [4.78, 5) is 42.7. The maximum Gasteiger partial charge on any atom is 0.347 e. The number of carbonyl (C=O) groups is 4. The van der Waals surface area contributed by atoms with Crippen LogP contribution in [0.3, 0.4) is 0 Å². The Morgan fingerprint density at radius 2 is 1.34 bits per heavy atom. The van der Waals surface area contributed by atoms with Gasteiger partial charge in [0.05, 0.1) is 6.61 Å². The molecule has 0 bridgehead atoms. The van der Waals surface area contributed by atoms with Crippen LogP contribution in [0.1, 0.15) is 47.5 Å². The molecule has 9 heteroatoms. The predicted molar refractivity (Wildman–Crippen MR) is 105 cm³/mol. The molecular formula is C20H32O9. The second-order valence-corrected chi connectivity index (χ2v) is 6.07. The van der Waals surface area contributed by atoms with Crippen LogP contribution in [-0.2, 0) is 38.1 Å². The van der Waals surface area contributed by atoms with Crippen LogP contribution in [0.15, 0.2) is 24.3 Å². The molecule has 1 saturated heterocycles. The fourth-order valence-corrected chi connectivity index (χ4v) is 1.39. The third-order valence-corrected chi connectivity index (χ3v) is 3.06. The average Bonchev–Trinajstić information content (AvgIpc) is 3.21. The molecule has 0 radical (unpaired) electrons. The minimum atomic E-state index is -1.17. The highest BCUT2D eigenvalue weighted by atomic mass is 16.6. The third kappa shape index (κ3) is 16.0. The Bertz CT molecular complexity index is 569. The van der Waals surface area contributed by atoms with Crippen molar-refractivity contribution in [3.63, 3.8) is 0 Å². The molecule has 1 heterocycles. The van der Waals surface area contributed by atoms with Gasteiger partial charge in [0.25, 0.3) is 0 Å². The van der Waals surface area contributed by atoms with E-state index < -0.39 is 36.1 Å². The monoisotopic (exact) mass is 416 g/mol. The quantitative estimate of drug-likeness (QED) is 0.378. The van der Waals surface area contributed by atoms with Crippen LogP contribution in [0.2, 0.25) is 0 Å². The molecule has 2 atom stereocenters. The summed E-state index contributed by atoms with van der Waals surface area (Å²) in [6.45, 7) is 16.4. The largest absolute Gasteiger partial charge is 0.479 e. The Morgan fingerprint density at radius 1 is 0.931 bits per heavy atom. The number of ether oxygens (including phenoxy) is 4. The molecule has 1 rings (SSSR count). The lowest BCUT2D eigenvalue weighted by Gasteiger charge is -2.11. The summed E-state index contributed by atoms with van der Waals surface area (Å²) in [6.07, 6.45) is 0.573. The molecule has 29 heavy (non-hydrogen) atoms. The van der Waals surface area contributed by atoms with Gasteiger partial charge >= 0.3 is 23.9 Å². The van der Waals surface area contributed by atoms with E-state index in [1.54, 1.807) is 6.92 Å². The minimum Gasteiger partial charge on any atom is -0.479 e. The predicted octanol–water partition coefficient (Wildman–Crippen LogP) is 2.43. The summed E-state index contributed by atoms with van der Waals surface area (Å²) >= 11 is 0. The highest BCUT2D eigenvalue weighted by molar-refractivity contribution is 5.89. The van der Waals surface area contributed by atoms with Crippen LogP contribution >= 0.6 is 0 Å². The third-order valence-electron chi connectivity index (χ3n) is 3.06. The highest BCUT2D eigenvalue weighted by Crippen LogP contribution is 2.00. The van der Waals surface area contributed by atoms with Crippen LogP contribution in [-0.4, -0.2) is 61.0 Å². The zero-order valence-corrected chi connectivity index (χ0v) is 17.8. The Labute approximate surface area is 171 Å². The van der Waals surface area contributed by atoms with Crippen molar-refractivity contribution >= 4 is 23.9 Å². The van der Waals surface area contributed by atoms with E-state index >= 15 is 0 Å². The van der Waals surface area contributed by atoms with Crippen molar-refractivity contribution in [2.45, 2.75) is 59.7 Å². The Hall–Kier alpha value is -2.68. The van der Waals surface area contributed by atoms with E-state index in [2.05, 4.69) is 22.6 Å². The molecule has 0 aliphatic carbocycles. The molecule has 166 valence electrons. The fraction of sp³-hybridized carbons (Fsp3) is 0.600. The van der Waals surface area contributed by atoms with Crippen molar-refractivity contribution in [1.29, 1.82) is 0 Å². The fourth-order valence-electron chi connectivity index (χ4n) is 1.39. The van der Waals surface area contributed by atoms with Gasteiger partial charge in [0.2, 0.25) is 0 Å². The Kier molecular flexibility index (Phi) is 16.0. The first kappa shape index (κ1) is 28.5. The SMILES string of the molecule is C1CCOC1.C=C(C)C(=O)OC(C)C(=O)O.C=C(C)C(=O)OC(C)C(=O)OCC. The van der Waals surface area contributed by atoms with Crippen LogP contribution in [0.4, 0.5) is 0 Å². The smallest absolute Gasteiger partial charge is 0.347 e. The van der Waals surface area contributed by atoms with Crippen LogP contribution in [0.5, 0.6) is 0 Å². The number of carboxylic acids is 1. The summed E-state index contributed by atoms with van der Waals surface area (Å²) in [5, 5.41) is 8.31. The highest BCUT2D eigenvalue weighted by Gasteiger charge is 2.18. The second-order valence-electron chi connectivity index (χ2n) is 6.07. The molecule has 1 aliphatic heterocycles. The van der Waals surface area contributed by atoms with Gasteiger partial charge in [0, 0.05) is 24.4 Å². The number of rotatable bonds is 7. The van der Waals surface area contributed by atoms with E-state index in [0.29, 0.717) is 0 Å². The molecule has 1 N–H and O–H groups in total. The molecule has 9 nitrogen and oxygen atoms in total. The van der Waals surface area contributed by atoms with Gasteiger partial charge in [-0.15, -0.1) is 0 Å². The van der Waals surface area contributed by atoms with E-state index in [-0.39, 0.29) is 17.8 Å². The molecule has 0 saturated carbocycles. The molecular weight excluding hydrogens is 384 g/mol. The van der Waals surface area contributed by atoms with Crippen LogP contribution in [0, 0.1) is 0 Å². The molecule has 0 amide bonds. The number of hydrogen-bond donors (Lipinski definition) is 1. The maximum absolute atomic E-state index is 11.0. The van der Waals surface area contributed by atoms with E-state index in [1.165, 1.54) is 40.5 Å². The lowest BCUT2D eigenvalue weighted by Crippen LogP contribution is -2.26. The van der Waals surface area contributed by atoms with Gasteiger partial charge in [-0.3, -0.25) is 0 Å². The van der Waals surface area contributed by atoms with Gasteiger partial charge in [-0.05, 0) is 47.5 Å². The molecule has 1 fully saturated rings. The lowest BCUT2D eigenvalue weighted by molar-refractivity contribution is -0.163. The standard InChI is InChI=1S/C9H14O4.C7H10O4.C4H8O/c1-5-12-9(11)7(4)13-8(10)6(2)3;1-4(2)7(10)11-5(3)6(8)9;1-2-4-5-3-1/h7H,2,5H2,1,3-4H3;5H,1H2,2-3H3,(H,8,9);1-4H2. The number of aliphatic carboxylic acids is 1. The maximum atomic E-state index is 11.0. The molecule has 0 spiro atoms. The van der Waals surface area contributed by atoms with Gasteiger partial charge in [-0.25, -0.2) is 19.2 Å². The van der Waals surface area contributed by atoms with Gasteiger partial charge in [0.1, 0.15) is 0 Å². The van der Waals surface area contributed by atoms with Crippen molar-refractivity contribution in [2.75, 3.05) is 19.8 Å². The Balaban J connectivity index is 0. The normalized spacial score (nSPS) is 13.8. The number of carboxylic acid groups (broad SMARTS) is 1. The lowest BCUT2D eigenvalue weighted by atomic mass is 10.3. The van der Waals surface area contributed by atoms with Crippen LogP contribution in [0.25, 0.3) is 0 Å². The number of esters is 3. The van der Waals surface area contributed by atoms with E-state index in [4.69, 9.17) is 14.6 Å². The van der Waals surface area contributed by atoms with Gasteiger partial charge in [-0.1, -0.05) is 13.2 Å². The molecule has 0 aromatic rings. The molecule has 1 aliphatic rings. The van der Waals surface area contributed by atoms with Crippen molar-refractivity contribution in [2.24, 2.45) is 0 Å². The van der Waals surface area contributed by atoms with E-state index in [9.17, 15) is 19.2 Å². The minimum absolute atomic E-state index is 0.193. The average molecular weight is 416 g/mol. The summed E-state index contributed by atoms with van der Waals surface area (Å²) in [5.74, 6) is -2.97. The van der Waals surface area contributed by atoms with E-state index in [0.717, 1.165) is 13.2 Å². The van der Waals surface area contributed by atoms with Crippen molar-refractivity contribution in [3.8, 4) is 0 Å². The second kappa shape index (κ2) is 16.3. The molecule has 0 aromatic carbocycles. The topological polar surface area (TPSA) is 125 Å². The first-order chi connectivity index (χ1) is 13.4. The zero-order valence-electron chi connectivity index (χ0n) is 17.8. The van der Waals surface area contributed by atoms with Crippen molar-refractivity contribution < 1.29 is 43.2 Å². The van der Waals surface area contributed by atoms with Crippen molar-refractivity contribution in [1.82, 2.24) is 0 Å². The molecule has 0 aromatic heterocycles. The first-order valence-corrected chi connectivity index (χ1v) is 9.14. The van der Waals surface area contributed by atoms with Crippen molar-refractivity contribution in [3.05, 3.63) is 24.3 Å². The van der Waals surface area contributed by atoms with Crippen LogP contribution < -0.4 is 0 Å². The number of carbonyl (C=O) groups excluding carboxylic acids is 3. The van der Waals surface area contributed by atoms with Gasteiger partial charge in [-0.2, -0.15) is 0 Å². The Morgan fingerprint density at radius 3 is 1.62 bits per heavy atom. The summed E-state index contributed by atoms with van der Waals surface area (Å²) in [5.41, 5.74) is 0.453. The molecule has 2 unspecified atom stereocenters. The summed E-state index contributed by atoms with van der Waals surface area (Å²) in [6, 6.07) is 0. The first-order valence-electron chi connectivity index (χ1n) is 9.14. The zero-order chi connectivity index (χ0) is 23.0. The van der Waals surface area contributed by atoms with E-state index in [1.807, 2.05) is 0 Å². The van der Waals surface area contributed by atoms with Gasteiger partial charge < -0.3 is 24.1 Å². The summed E-state index contributed by atoms with van der Waals surface area (Å²) < 4.78 is 18.7. The summed E-state index contributed by atoms with van der Waals surface area (Å²) in [7, 11) is 0. The number of hydrogen-bond acceptors (Lipinski definition) is 8.